The first kappa shape index (κ1) is 22.9. The number of hydrogen-bond donors (Lipinski definition) is 1. The van der Waals surface area contributed by atoms with Gasteiger partial charge in [-0.2, -0.15) is 0 Å². The van der Waals surface area contributed by atoms with Crippen LogP contribution in [0.15, 0.2) is 58.8 Å². The Labute approximate surface area is 180 Å². The molecule has 0 saturated heterocycles. The van der Waals surface area contributed by atoms with Crippen molar-refractivity contribution in [3.63, 3.8) is 0 Å². The molecule has 0 spiro atoms. The molecule has 2 aromatic rings. The van der Waals surface area contributed by atoms with Crippen molar-refractivity contribution in [2.75, 3.05) is 24.6 Å². The van der Waals surface area contributed by atoms with Crippen LogP contribution in [0.4, 0.5) is 0 Å². The van der Waals surface area contributed by atoms with Gasteiger partial charge in [0.1, 0.15) is 10.1 Å². The Hall–Kier alpha value is -1.36. The van der Waals surface area contributed by atoms with Crippen molar-refractivity contribution in [2.45, 2.75) is 22.9 Å². The Kier molecular flexibility index (Phi) is 11.3. The van der Waals surface area contributed by atoms with Crippen LogP contribution in [0.1, 0.15) is 12.8 Å². The van der Waals surface area contributed by atoms with Gasteiger partial charge in [-0.15, -0.1) is 0 Å². The molecule has 2 aromatic heterocycles. The summed E-state index contributed by atoms with van der Waals surface area (Å²) in [6, 6.07) is 11.5. The molecule has 0 unspecified atom stereocenters. The predicted molar refractivity (Wildman–Crippen MR) is 119 cm³/mol. The summed E-state index contributed by atoms with van der Waals surface area (Å²) in [5.41, 5.74) is 0. The van der Waals surface area contributed by atoms with Gasteiger partial charge in [-0.3, -0.25) is 9.59 Å². The number of amides is 1. The summed E-state index contributed by atoms with van der Waals surface area (Å²) < 4.78 is 0. The zero-order valence-electron chi connectivity index (χ0n) is 15.1. The van der Waals surface area contributed by atoms with E-state index in [1.807, 2.05) is 36.4 Å². The summed E-state index contributed by atoms with van der Waals surface area (Å²) in [5.74, 6) is 0.429. The highest BCUT2D eigenvalue weighted by Crippen LogP contribution is 2.30. The fraction of sp³-hybridized carbons (Fsp3) is 0.333. The number of aliphatic carboxylic acids is 1. The van der Waals surface area contributed by atoms with Crippen molar-refractivity contribution in [1.82, 2.24) is 14.9 Å². The first-order chi connectivity index (χ1) is 13.6. The number of carboxylic acids is 1. The van der Waals surface area contributed by atoms with E-state index in [0.29, 0.717) is 13.1 Å². The number of carbonyl (C=O) groups is 2. The van der Waals surface area contributed by atoms with E-state index in [4.69, 9.17) is 5.11 Å². The van der Waals surface area contributed by atoms with E-state index in [-0.39, 0.29) is 18.7 Å². The fourth-order valence-corrected chi connectivity index (χ4v) is 5.76. The lowest BCUT2D eigenvalue weighted by atomic mass is 10.3. The molecule has 0 aliphatic rings. The number of carboxylic acid groups (broad SMARTS) is 1. The Morgan fingerprint density at radius 2 is 1.39 bits per heavy atom. The minimum Gasteiger partial charge on any atom is -0.481 e. The van der Waals surface area contributed by atoms with Gasteiger partial charge in [0.2, 0.25) is 5.91 Å². The molecule has 0 aliphatic heterocycles. The molecule has 10 heteroatoms. The number of hydrogen-bond acceptors (Lipinski definition) is 8. The Morgan fingerprint density at radius 3 is 1.82 bits per heavy atom. The normalized spacial score (nSPS) is 10.6. The molecule has 1 amide bonds. The molecule has 6 nitrogen and oxygen atoms in total. The van der Waals surface area contributed by atoms with Crippen LogP contribution < -0.4 is 0 Å². The zero-order valence-corrected chi connectivity index (χ0v) is 18.4. The second kappa shape index (κ2) is 13.8. The van der Waals surface area contributed by atoms with Crippen LogP contribution in [0.3, 0.4) is 0 Å². The minimum atomic E-state index is -0.950. The molecule has 0 saturated carbocycles. The third-order valence-corrected chi connectivity index (χ3v) is 7.85. The third-order valence-electron chi connectivity index (χ3n) is 3.36. The van der Waals surface area contributed by atoms with Crippen LogP contribution in [0.5, 0.6) is 0 Å². The summed E-state index contributed by atoms with van der Waals surface area (Å²) >= 11 is 0. The second-order valence-corrected chi connectivity index (χ2v) is 10.3. The first-order valence-electron chi connectivity index (χ1n) is 8.55. The van der Waals surface area contributed by atoms with Gasteiger partial charge in [-0.25, -0.2) is 9.97 Å². The van der Waals surface area contributed by atoms with Crippen LogP contribution in [-0.4, -0.2) is 56.4 Å². The Balaban J connectivity index is 1.74. The minimum absolute atomic E-state index is 0.0332. The molecule has 0 fully saturated rings. The van der Waals surface area contributed by atoms with E-state index in [1.165, 1.54) is 0 Å². The number of rotatable bonds is 13. The fourth-order valence-electron chi connectivity index (χ4n) is 2.02. The summed E-state index contributed by atoms with van der Waals surface area (Å²) in [6.07, 6.45) is 3.40. The highest BCUT2D eigenvalue weighted by Gasteiger charge is 2.15. The van der Waals surface area contributed by atoms with Gasteiger partial charge < -0.3 is 10.0 Å². The van der Waals surface area contributed by atoms with E-state index in [1.54, 1.807) is 60.5 Å². The lowest BCUT2D eigenvalue weighted by Gasteiger charge is -2.22. The molecule has 0 aromatic carbocycles. The largest absolute Gasteiger partial charge is 0.481 e. The topological polar surface area (TPSA) is 83.4 Å². The predicted octanol–water partition coefficient (Wildman–Crippen LogP) is 4.35. The molecule has 0 aliphatic carbocycles. The maximum atomic E-state index is 12.4. The molecule has 2 heterocycles. The van der Waals surface area contributed by atoms with Crippen LogP contribution in [0.2, 0.25) is 0 Å². The monoisotopic (exact) mass is 455 g/mol. The quantitative estimate of drug-likeness (QED) is 0.350. The van der Waals surface area contributed by atoms with E-state index in [0.717, 1.165) is 21.6 Å². The van der Waals surface area contributed by atoms with Gasteiger partial charge in [0.15, 0.2) is 0 Å². The molecule has 2 rings (SSSR count). The lowest BCUT2D eigenvalue weighted by Crippen LogP contribution is -2.35. The van der Waals surface area contributed by atoms with Crippen molar-refractivity contribution >= 4 is 55.1 Å². The van der Waals surface area contributed by atoms with Crippen molar-refractivity contribution in [2.24, 2.45) is 0 Å². The molecule has 0 radical (unpaired) electrons. The van der Waals surface area contributed by atoms with Gasteiger partial charge in [0, 0.05) is 43.4 Å². The number of pyridine rings is 2. The van der Waals surface area contributed by atoms with Gasteiger partial charge in [-0.1, -0.05) is 33.7 Å². The maximum absolute atomic E-state index is 12.4. The molecule has 28 heavy (non-hydrogen) atoms. The Bertz CT molecular complexity index is 675. The maximum Gasteiger partial charge on any atom is 0.303 e. The standard InChI is InChI=1S/C18H21N3O3S4/c22-17(7-8-18(23)24)21(11-13-25-27-15-5-1-3-9-19-15)12-14-26-28-16-6-2-4-10-20-16/h1-6,9-10H,7-8,11-14H2,(H,23,24). The van der Waals surface area contributed by atoms with Gasteiger partial charge in [0.25, 0.3) is 0 Å². The molecule has 150 valence electrons. The van der Waals surface area contributed by atoms with Crippen LogP contribution in [0.25, 0.3) is 0 Å². The van der Waals surface area contributed by atoms with E-state index >= 15 is 0 Å². The average molecular weight is 456 g/mol. The summed E-state index contributed by atoms with van der Waals surface area (Å²) in [5, 5.41) is 10.7. The van der Waals surface area contributed by atoms with E-state index < -0.39 is 5.97 Å². The van der Waals surface area contributed by atoms with Gasteiger partial charge in [0.05, 0.1) is 6.42 Å². The van der Waals surface area contributed by atoms with Crippen LogP contribution in [0, 0.1) is 0 Å². The van der Waals surface area contributed by atoms with Gasteiger partial charge in [-0.05, 0) is 45.9 Å². The van der Waals surface area contributed by atoms with Crippen molar-refractivity contribution in [3.05, 3.63) is 48.8 Å². The van der Waals surface area contributed by atoms with Gasteiger partial charge >= 0.3 is 5.97 Å². The van der Waals surface area contributed by atoms with Crippen molar-refractivity contribution in [3.8, 4) is 0 Å². The SMILES string of the molecule is O=C(O)CCC(=O)N(CCSSc1ccccn1)CCSSc1ccccn1. The number of carbonyl (C=O) groups excluding carboxylic acids is 1. The highest BCUT2D eigenvalue weighted by molar-refractivity contribution is 8.77. The van der Waals surface area contributed by atoms with Crippen molar-refractivity contribution in [1.29, 1.82) is 0 Å². The smallest absolute Gasteiger partial charge is 0.303 e. The zero-order chi connectivity index (χ0) is 20.0. The lowest BCUT2D eigenvalue weighted by molar-refractivity contribution is -0.140. The number of aromatic nitrogens is 2. The van der Waals surface area contributed by atoms with Crippen molar-refractivity contribution < 1.29 is 14.7 Å². The highest BCUT2D eigenvalue weighted by atomic mass is 33.1. The number of nitrogens with zero attached hydrogens (tertiary/aromatic N) is 3. The van der Waals surface area contributed by atoms with Crippen LogP contribution in [-0.2, 0) is 9.59 Å². The molecular weight excluding hydrogens is 434 g/mol. The molecule has 1 N–H and O–H groups in total. The summed E-state index contributed by atoms with van der Waals surface area (Å²) in [7, 11) is 6.42. The van der Waals surface area contributed by atoms with Crippen LogP contribution >= 0.6 is 43.2 Å². The Morgan fingerprint density at radius 1 is 0.857 bits per heavy atom. The second-order valence-electron chi connectivity index (χ2n) is 5.42. The van der Waals surface area contributed by atoms with E-state index in [2.05, 4.69) is 9.97 Å². The molecule has 0 atom stereocenters. The molecule has 0 bridgehead atoms. The third kappa shape index (κ3) is 9.72. The average Bonchev–Trinajstić information content (AvgIpc) is 2.72. The van der Waals surface area contributed by atoms with E-state index in [9.17, 15) is 9.59 Å². The first-order valence-corrected chi connectivity index (χ1v) is 13.2. The summed E-state index contributed by atoms with van der Waals surface area (Å²) in [6.45, 7) is 1.16. The summed E-state index contributed by atoms with van der Waals surface area (Å²) in [4.78, 5) is 33.4. The molecular formula is C18H21N3O3S4.